The van der Waals surface area contributed by atoms with E-state index in [4.69, 9.17) is 0 Å². The van der Waals surface area contributed by atoms with E-state index in [9.17, 15) is 9.59 Å². The van der Waals surface area contributed by atoms with Crippen LogP contribution in [0.25, 0.3) is 0 Å². The number of aryl methyl sites for hydroxylation is 2. The van der Waals surface area contributed by atoms with E-state index in [0.717, 1.165) is 44.0 Å². The van der Waals surface area contributed by atoms with E-state index in [1.807, 2.05) is 53.9 Å². The number of rotatable bonds is 6. The van der Waals surface area contributed by atoms with E-state index in [-0.39, 0.29) is 17.2 Å². The number of hydrogen-bond acceptors (Lipinski definition) is 4. The maximum absolute atomic E-state index is 12.8. The zero-order valence-corrected chi connectivity index (χ0v) is 19.0. The Bertz CT molecular complexity index is 962. The minimum absolute atomic E-state index is 0.0280. The molecule has 1 atom stereocenters. The Hall–Kier alpha value is -2.67. The van der Waals surface area contributed by atoms with Crippen LogP contribution in [-0.2, 0) is 18.3 Å². The standard InChI is InChI=1S/C24H33N5O2/c1-17-21(18(2)28(4)26-17)10-11-22(30)29-15-24(16-29)14-27(3)13-20(24)12-25-23(31)19-8-6-5-7-9-19/h5-9,20H,10-16H2,1-4H3,(H,25,31). The van der Waals surface area contributed by atoms with Gasteiger partial charge in [0, 0.05) is 62.9 Å². The summed E-state index contributed by atoms with van der Waals surface area (Å²) < 4.78 is 1.89. The van der Waals surface area contributed by atoms with Crippen LogP contribution in [0.1, 0.15) is 33.7 Å². The second-order valence-corrected chi connectivity index (χ2v) is 9.35. The van der Waals surface area contributed by atoms with Gasteiger partial charge < -0.3 is 15.1 Å². The van der Waals surface area contributed by atoms with Crippen molar-refractivity contribution in [3.63, 3.8) is 0 Å². The van der Waals surface area contributed by atoms with E-state index >= 15 is 0 Å². The highest BCUT2D eigenvalue weighted by Crippen LogP contribution is 2.43. The lowest BCUT2D eigenvalue weighted by atomic mass is 9.71. The van der Waals surface area contributed by atoms with Crippen molar-refractivity contribution in [2.24, 2.45) is 18.4 Å². The zero-order chi connectivity index (χ0) is 22.2. The molecule has 2 amide bonds. The Morgan fingerprint density at radius 1 is 1.13 bits per heavy atom. The summed E-state index contributed by atoms with van der Waals surface area (Å²) in [6, 6.07) is 9.34. The van der Waals surface area contributed by atoms with Gasteiger partial charge in [0.05, 0.1) is 5.69 Å². The quantitative estimate of drug-likeness (QED) is 0.769. The zero-order valence-electron chi connectivity index (χ0n) is 19.0. The molecule has 1 spiro atoms. The highest BCUT2D eigenvalue weighted by Gasteiger charge is 2.54. The van der Waals surface area contributed by atoms with Gasteiger partial charge in [-0.1, -0.05) is 18.2 Å². The van der Waals surface area contributed by atoms with E-state index < -0.39 is 0 Å². The highest BCUT2D eigenvalue weighted by atomic mass is 16.2. The molecular formula is C24H33N5O2. The third-order valence-corrected chi connectivity index (χ3v) is 7.14. The maximum Gasteiger partial charge on any atom is 0.251 e. The van der Waals surface area contributed by atoms with E-state index in [2.05, 4.69) is 29.3 Å². The maximum atomic E-state index is 12.8. The Morgan fingerprint density at radius 3 is 2.48 bits per heavy atom. The molecule has 1 unspecified atom stereocenters. The monoisotopic (exact) mass is 423 g/mol. The summed E-state index contributed by atoms with van der Waals surface area (Å²) in [7, 11) is 4.07. The minimum atomic E-state index is -0.0280. The third kappa shape index (κ3) is 4.24. The molecule has 3 heterocycles. The molecule has 2 aromatic rings. The number of nitrogens with one attached hydrogen (secondary N) is 1. The Labute approximate surface area is 184 Å². The molecule has 7 nitrogen and oxygen atoms in total. The molecule has 1 aromatic heterocycles. The van der Waals surface area contributed by atoms with Crippen molar-refractivity contribution < 1.29 is 9.59 Å². The summed E-state index contributed by atoms with van der Waals surface area (Å²) in [5.41, 5.74) is 4.12. The van der Waals surface area contributed by atoms with E-state index in [1.165, 1.54) is 5.56 Å². The van der Waals surface area contributed by atoms with Crippen LogP contribution < -0.4 is 5.32 Å². The number of amides is 2. The molecule has 0 bridgehead atoms. The summed E-state index contributed by atoms with van der Waals surface area (Å²) in [4.78, 5) is 29.6. The lowest BCUT2D eigenvalue weighted by Gasteiger charge is -2.51. The van der Waals surface area contributed by atoms with E-state index in [1.54, 1.807) is 0 Å². The largest absolute Gasteiger partial charge is 0.352 e. The topological polar surface area (TPSA) is 70.5 Å². The number of carbonyl (C=O) groups excluding carboxylic acids is 2. The Kier molecular flexibility index (Phi) is 5.88. The first-order valence-corrected chi connectivity index (χ1v) is 11.1. The molecule has 2 aliphatic rings. The molecule has 1 N–H and O–H groups in total. The van der Waals surface area contributed by atoms with Crippen molar-refractivity contribution in [3.8, 4) is 0 Å². The molecule has 7 heteroatoms. The van der Waals surface area contributed by atoms with Gasteiger partial charge in [-0.2, -0.15) is 5.10 Å². The molecule has 4 rings (SSSR count). The van der Waals surface area contributed by atoms with Crippen LogP contribution in [0.3, 0.4) is 0 Å². The predicted molar refractivity (Wildman–Crippen MR) is 120 cm³/mol. The normalized spacial score (nSPS) is 20.1. The molecule has 1 aromatic carbocycles. The van der Waals surface area contributed by atoms with Gasteiger partial charge in [-0.05, 0) is 50.9 Å². The number of nitrogens with zero attached hydrogens (tertiary/aromatic N) is 4. The Balaban J connectivity index is 1.31. The molecule has 2 fully saturated rings. The van der Waals surface area contributed by atoms with Gasteiger partial charge in [0.25, 0.3) is 5.91 Å². The summed E-state index contributed by atoms with van der Waals surface area (Å²) in [6.45, 7) is 8.21. The summed E-state index contributed by atoms with van der Waals surface area (Å²) in [5, 5.41) is 7.56. The third-order valence-electron chi connectivity index (χ3n) is 7.14. The first-order chi connectivity index (χ1) is 14.8. The fourth-order valence-corrected chi connectivity index (χ4v) is 5.31. The van der Waals surface area contributed by atoms with Crippen molar-refractivity contribution in [3.05, 3.63) is 52.8 Å². The molecule has 0 saturated carbocycles. The van der Waals surface area contributed by atoms with Gasteiger partial charge in [0.2, 0.25) is 5.91 Å². The van der Waals surface area contributed by atoms with E-state index in [0.29, 0.717) is 24.4 Å². The highest BCUT2D eigenvalue weighted by molar-refractivity contribution is 5.94. The SMILES string of the molecule is Cc1nn(C)c(C)c1CCC(=O)N1CC2(CN(C)CC2CNC(=O)c2ccccc2)C1. The number of aromatic nitrogens is 2. The molecule has 0 aliphatic carbocycles. The van der Waals surface area contributed by atoms with Crippen LogP contribution in [0.4, 0.5) is 0 Å². The van der Waals surface area contributed by atoms with Crippen molar-refractivity contribution in [2.45, 2.75) is 26.7 Å². The van der Waals surface area contributed by atoms with Crippen LogP contribution in [0.15, 0.2) is 30.3 Å². The van der Waals surface area contributed by atoms with Crippen molar-refractivity contribution in [1.29, 1.82) is 0 Å². The first kappa shape index (κ1) is 21.6. The lowest BCUT2D eigenvalue weighted by Crippen LogP contribution is -2.63. The van der Waals surface area contributed by atoms with Crippen molar-refractivity contribution in [1.82, 2.24) is 24.9 Å². The van der Waals surface area contributed by atoms with Crippen LogP contribution in [-0.4, -0.2) is 71.2 Å². The van der Waals surface area contributed by atoms with Gasteiger partial charge in [0.15, 0.2) is 0 Å². The lowest BCUT2D eigenvalue weighted by molar-refractivity contribution is -0.145. The number of benzene rings is 1. The number of carbonyl (C=O) groups is 2. The molecular weight excluding hydrogens is 390 g/mol. The summed E-state index contributed by atoms with van der Waals surface area (Å²) in [6.07, 6.45) is 1.26. The molecule has 2 saturated heterocycles. The predicted octanol–water partition coefficient (Wildman–Crippen LogP) is 1.79. The number of hydrogen-bond donors (Lipinski definition) is 1. The average molecular weight is 424 g/mol. The van der Waals surface area contributed by atoms with Gasteiger partial charge in [0.1, 0.15) is 0 Å². The van der Waals surface area contributed by atoms with Crippen molar-refractivity contribution >= 4 is 11.8 Å². The molecule has 31 heavy (non-hydrogen) atoms. The Morgan fingerprint density at radius 2 is 1.84 bits per heavy atom. The average Bonchev–Trinajstić information content (AvgIpc) is 3.19. The summed E-state index contributed by atoms with van der Waals surface area (Å²) >= 11 is 0. The molecule has 0 radical (unpaired) electrons. The minimum Gasteiger partial charge on any atom is -0.352 e. The van der Waals surface area contributed by atoms with Crippen LogP contribution in [0.2, 0.25) is 0 Å². The van der Waals surface area contributed by atoms with Crippen LogP contribution in [0.5, 0.6) is 0 Å². The molecule has 166 valence electrons. The second-order valence-electron chi connectivity index (χ2n) is 9.35. The van der Waals surface area contributed by atoms with Gasteiger partial charge in [-0.25, -0.2) is 0 Å². The molecule has 2 aliphatic heterocycles. The fourth-order valence-electron chi connectivity index (χ4n) is 5.31. The number of likely N-dealkylation sites (tertiary alicyclic amines) is 2. The van der Waals surface area contributed by atoms with Crippen LogP contribution >= 0.6 is 0 Å². The first-order valence-electron chi connectivity index (χ1n) is 11.1. The van der Waals surface area contributed by atoms with Gasteiger partial charge >= 0.3 is 0 Å². The van der Waals surface area contributed by atoms with Crippen molar-refractivity contribution in [2.75, 3.05) is 39.8 Å². The summed E-state index contributed by atoms with van der Waals surface area (Å²) in [5.74, 6) is 0.548. The van der Waals surface area contributed by atoms with Crippen LogP contribution in [0, 0.1) is 25.2 Å². The van der Waals surface area contributed by atoms with Gasteiger partial charge in [-0.15, -0.1) is 0 Å². The smallest absolute Gasteiger partial charge is 0.251 e. The van der Waals surface area contributed by atoms with Gasteiger partial charge in [-0.3, -0.25) is 14.3 Å². The second kappa shape index (κ2) is 8.46. The fraction of sp³-hybridized carbons (Fsp3) is 0.542.